The van der Waals surface area contributed by atoms with Crippen LogP contribution < -0.4 is 4.72 Å². The number of hydrogen-bond donors (Lipinski definition) is 2. The number of aromatic nitrogens is 3. The van der Waals surface area contributed by atoms with E-state index in [0.29, 0.717) is 5.56 Å². The lowest BCUT2D eigenvalue weighted by Crippen LogP contribution is -2.32. The maximum absolute atomic E-state index is 12.3. The summed E-state index contributed by atoms with van der Waals surface area (Å²) >= 11 is 3.04. The Kier molecular flexibility index (Phi) is 4.53. The molecule has 2 rings (SSSR count). The molecule has 1 aromatic heterocycles. The summed E-state index contributed by atoms with van der Waals surface area (Å²) in [5.74, 6) is 0. The molecule has 0 saturated heterocycles. The minimum Gasteiger partial charge on any atom is -0.394 e. The van der Waals surface area contributed by atoms with Crippen molar-refractivity contribution in [1.82, 2.24) is 19.7 Å². The van der Waals surface area contributed by atoms with Crippen LogP contribution in [0, 0.1) is 0 Å². The minimum absolute atomic E-state index is 0.0909. The van der Waals surface area contributed by atoms with E-state index >= 15 is 0 Å². The van der Waals surface area contributed by atoms with Crippen molar-refractivity contribution in [1.29, 1.82) is 0 Å². The number of aliphatic hydroxyl groups is 1. The molecule has 1 heterocycles. The highest BCUT2D eigenvalue weighted by atomic mass is 79.9. The molecule has 0 aliphatic rings. The molecule has 0 bridgehead atoms. The van der Waals surface area contributed by atoms with E-state index in [4.69, 9.17) is 0 Å². The monoisotopic (exact) mass is 360 g/mol. The molecule has 0 amide bonds. The number of hydrogen-bond acceptors (Lipinski definition) is 5. The molecule has 0 radical (unpaired) electrons. The van der Waals surface area contributed by atoms with Gasteiger partial charge in [0, 0.05) is 7.05 Å². The lowest BCUT2D eigenvalue weighted by Gasteiger charge is -2.16. The summed E-state index contributed by atoms with van der Waals surface area (Å²) in [6, 6.07) is 8.10. The molecule has 1 aromatic carbocycles. The van der Waals surface area contributed by atoms with Gasteiger partial charge in [-0.3, -0.25) is 0 Å². The van der Waals surface area contributed by atoms with E-state index in [0.717, 1.165) is 4.68 Å². The normalized spacial score (nSPS) is 13.3. The van der Waals surface area contributed by atoms with Gasteiger partial charge in [-0.2, -0.15) is 4.72 Å². The number of nitrogens with one attached hydrogen (secondary N) is 1. The van der Waals surface area contributed by atoms with E-state index in [-0.39, 0.29) is 16.2 Å². The molecule has 7 nitrogen and oxygen atoms in total. The summed E-state index contributed by atoms with van der Waals surface area (Å²) in [5.41, 5.74) is 0.671. The Hall–Kier alpha value is -1.29. The van der Waals surface area contributed by atoms with Crippen LogP contribution >= 0.6 is 15.9 Å². The third-order valence-corrected chi connectivity index (χ3v) is 5.03. The van der Waals surface area contributed by atoms with E-state index in [9.17, 15) is 13.5 Å². The Labute approximate surface area is 124 Å². The SMILES string of the molecule is Cn1nnc(Br)c1S(=O)(=O)N[C@H](CO)c1ccccc1. The van der Waals surface area contributed by atoms with Gasteiger partial charge in [-0.1, -0.05) is 35.5 Å². The molecular formula is C11H13BrN4O3S. The van der Waals surface area contributed by atoms with Crippen LogP contribution in [-0.4, -0.2) is 35.1 Å². The molecule has 2 N–H and O–H groups in total. The first-order valence-electron chi connectivity index (χ1n) is 5.69. The molecule has 108 valence electrons. The van der Waals surface area contributed by atoms with E-state index in [1.54, 1.807) is 24.3 Å². The van der Waals surface area contributed by atoms with Crippen molar-refractivity contribution in [2.24, 2.45) is 7.05 Å². The van der Waals surface area contributed by atoms with Gasteiger partial charge in [0.1, 0.15) is 0 Å². The average molecular weight is 361 g/mol. The van der Waals surface area contributed by atoms with Crippen molar-refractivity contribution in [2.75, 3.05) is 6.61 Å². The number of rotatable bonds is 5. The number of benzene rings is 1. The smallest absolute Gasteiger partial charge is 0.261 e. The second-order valence-electron chi connectivity index (χ2n) is 4.08. The Morgan fingerprint density at radius 2 is 2.05 bits per heavy atom. The molecule has 0 aliphatic carbocycles. The van der Waals surface area contributed by atoms with Gasteiger partial charge in [0.05, 0.1) is 12.6 Å². The Balaban J connectivity index is 2.32. The molecule has 0 saturated carbocycles. The number of sulfonamides is 1. The fourth-order valence-corrected chi connectivity index (χ4v) is 4.06. The zero-order valence-electron chi connectivity index (χ0n) is 10.6. The van der Waals surface area contributed by atoms with Crippen molar-refractivity contribution in [3.8, 4) is 0 Å². The van der Waals surface area contributed by atoms with Crippen molar-refractivity contribution in [2.45, 2.75) is 11.1 Å². The van der Waals surface area contributed by atoms with Crippen molar-refractivity contribution in [3.05, 3.63) is 40.5 Å². The standard InChI is InChI=1S/C11H13BrN4O3S/c1-16-11(10(12)13-15-16)20(18,19)14-9(7-17)8-5-3-2-4-6-8/h2-6,9,14,17H,7H2,1H3/t9-/m1/s1. The van der Waals surface area contributed by atoms with Gasteiger partial charge in [-0.25, -0.2) is 13.1 Å². The van der Waals surface area contributed by atoms with Crippen molar-refractivity contribution >= 4 is 26.0 Å². The van der Waals surface area contributed by atoms with Gasteiger partial charge < -0.3 is 5.11 Å². The second-order valence-corrected chi connectivity index (χ2v) is 6.46. The van der Waals surface area contributed by atoms with E-state index in [1.807, 2.05) is 6.07 Å². The highest BCUT2D eigenvalue weighted by molar-refractivity contribution is 9.10. The lowest BCUT2D eigenvalue weighted by molar-refractivity contribution is 0.258. The van der Waals surface area contributed by atoms with Gasteiger partial charge in [0.15, 0.2) is 4.60 Å². The number of nitrogens with zero attached hydrogens (tertiary/aromatic N) is 3. The van der Waals surface area contributed by atoms with E-state index in [1.165, 1.54) is 7.05 Å². The summed E-state index contributed by atoms with van der Waals surface area (Å²) in [7, 11) is -2.38. The van der Waals surface area contributed by atoms with Gasteiger partial charge in [0.2, 0.25) is 5.03 Å². The highest BCUT2D eigenvalue weighted by Gasteiger charge is 2.27. The summed E-state index contributed by atoms with van der Waals surface area (Å²) in [6.07, 6.45) is 0. The molecule has 20 heavy (non-hydrogen) atoms. The fraction of sp³-hybridized carbons (Fsp3) is 0.273. The summed E-state index contributed by atoms with van der Waals surface area (Å²) in [5, 5.41) is 16.6. The predicted octanol–water partition coefficient (Wildman–Crippen LogP) is 0.589. The molecule has 2 aromatic rings. The molecule has 0 spiro atoms. The first-order valence-corrected chi connectivity index (χ1v) is 7.96. The van der Waals surface area contributed by atoms with Crippen LogP contribution in [0.1, 0.15) is 11.6 Å². The first-order chi connectivity index (χ1) is 9.45. The highest BCUT2D eigenvalue weighted by Crippen LogP contribution is 2.21. The van der Waals surface area contributed by atoms with Crippen LogP contribution in [-0.2, 0) is 17.1 Å². The first kappa shape index (κ1) is 15.1. The van der Waals surface area contributed by atoms with Crippen LogP contribution in [0.4, 0.5) is 0 Å². The van der Waals surface area contributed by atoms with Crippen LogP contribution in [0.25, 0.3) is 0 Å². The van der Waals surface area contributed by atoms with Gasteiger partial charge >= 0.3 is 0 Å². The summed E-state index contributed by atoms with van der Waals surface area (Å²) < 4.78 is 28.4. The lowest BCUT2D eigenvalue weighted by atomic mass is 10.1. The molecule has 0 unspecified atom stereocenters. The quantitative estimate of drug-likeness (QED) is 0.813. The largest absolute Gasteiger partial charge is 0.394 e. The van der Waals surface area contributed by atoms with Gasteiger partial charge in [-0.15, -0.1) is 5.10 Å². The number of aliphatic hydroxyl groups excluding tert-OH is 1. The Bertz CT molecular complexity index is 667. The van der Waals surface area contributed by atoms with Crippen molar-refractivity contribution in [3.63, 3.8) is 0 Å². The second kappa shape index (κ2) is 6.00. The maximum atomic E-state index is 12.3. The van der Waals surface area contributed by atoms with Crippen LogP contribution in [0.5, 0.6) is 0 Å². The Morgan fingerprint density at radius 1 is 1.40 bits per heavy atom. The molecule has 0 aliphatic heterocycles. The fourth-order valence-electron chi connectivity index (χ4n) is 1.75. The number of halogens is 1. The third-order valence-electron chi connectivity index (χ3n) is 2.67. The van der Waals surface area contributed by atoms with E-state index < -0.39 is 16.1 Å². The third kappa shape index (κ3) is 3.06. The maximum Gasteiger partial charge on any atom is 0.261 e. The van der Waals surface area contributed by atoms with E-state index in [2.05, 4.69) is 31.0 Å². The topological polar surface area (TPSA) is 97.1 Å². The summed E-state index contributed by atoms with van der Waals surface area (Å²) in [4.78, 5) is 0. The number of aryl methyl sites for hydroxylation is 1. The zero-order valence-corrected chi connectivity index (χ0v) is 13.0. The van der Waals surface area contributed by atoms with Crippen LogP contribution in [0.15, 0.2) is 40.0 Å². The molecule has 0 fully saturated rings. The zero-order chi connectivity index (χ0) is 14.8. The summed E-state index contributed by atoms with van der Waals surface area (Å²) in [6.45, 7) is -0.355. The van der Waals surface area contributed by atoms with Gasteiger partial charge in [-0.05, 0) is 21.5 Å². The van der Waals surface area contributed by atoms with Gasteiger partial charge in [0.25, 0.3) is 10.0 Å². The van der Waals surface area contributed by atoms with Crippen LogP contribution in [0.3, 0.4) is 0 Å². The molecule has 1 atom stereocenters. The van der Waals surface area contributed by atoms with Crippen LogP contribution in [0.2, 0.25) is 0 Å². The predicted molar refractivity (Wildman–Crippen MR) is 75.3 cm³/mol. The Morgan fingerprint density at radius 3 is 2.55 bits per heavy atom. The minimum atomic E-state index is -3.86. The molecular weight excluding hydrogens is 348 g/mol. The van der Waals surface area contributed by atoms with Crippen molar-refractivity contribution < 1.29 is 13.5 Å². The molecule has 9 heteroatoms. The average Bonchev–Trinajstić information content (AvgIpc) is 2.77.